The van der Waals surface area contributed by atoms with Gasteiger partial charge in [0, 0.05) is 24.6 Å². The molecule has 1 aromatic heterocycles. The first-order valence-electron chi connectivity index (χ1n) is 7.78. The summed E-state index contributed by atoms with van der Waals surface area (Å²) in [7, 11) is 0. The summed E-state index contributed by atoms with van der Waals surface area (Å²) in [6.07, 6.45) is 2.10. The molecule has 24 heavy (non-hydrogen) atoms. The van der Waals surface area contributed by atoms with Crippen LogP contribution in [0.2, 0.25) is 0 Å². The SMILES string of the molecule is CC(C)(CC(=O)NCc1nccc(N)n1)CC(=O)c1ccccc1. The van der Waals surface area contributed by atoms with E-state index in [2.05, 4.69) is 15.3 Å². The number of ketones is 1. The predicted molar refractivity (Wildman–Crippen MR) is 92.1 cm³/mol. The molecule has 0 spiro atoms. The molecule has 3 N–H and O–H groups in total. The third-order valence-corrected chi connectivity index (χ3v) is 3.54. The predicted octanol–water partition coefficient (Wildman–Crippen LogP) is 2.36. The summed E-state index contributed by atoms with van der Waals surface area (Å²) in [4.78, 5) is 32.5. The van der Waals surface area contributed by atoms with Crippen LogP contribution >= 0.6 is 0 Å². The number of hydrogen-bond donors (Lipinski definition) is 2. The first kappa shape index (κ1) is 17.6. The third kappa shape index (κ3) is 5.46. The van der Waals surface area contributed by atoms with E-state index in [1.54, 1.807) is 24.4 Å². The quantitative estimate of drug-likeness (QED) is 0.761. The minimum absolute atomic E-state index is 0.0348. The molecule has 0 aliphatic rings. The summed E-state index contributed by atoms with van der Waals surface area (Å²) in [6, 6.07) is 10.7. The molecule has 0 saturated heterocycles. The summed E-state index contributed by atoms with van der Waals surface area (Å²) in [5.41, 5.74) is 5.80. The largest absolute Gasteiger partial charge is 0.384 e. The monoisotopic (exact) mass is 326 g/mol. The second-order valence-corrected chi connectivity index (χ2v) is 6.48. The number of nitrogens with zero attached hydrogens (tertiary/aromatic N) is 2. The summed E-state index contributed by atoms with van der Waals surface area (Å²) in [5, 5.41) is 2.76. The van der Waals surface area contributed by atoms with E-state index in [0.29, 0.717) is 23.6 Å². The zero-order chi connectivity index (χ0) is 17.6. The number of aromatic nitrogens is 2. The van der Waals surface area contributed by atoms with Gasteiger partial charge in [-0.3, -0.25) is 9.59 Å². The van der Waals surface area contributed by atoms with Gasteiger partial charge >= 0.3 is 0 Å². The van der Waals surface area contributed by atoms with Gasteiger partial charge in [0.25, 0.3) is 0 Å². The van der Waals surface area contributed by atoms with Crippen LogP contribution in [0.25, 0.3) is 0 Å². The number of rotatable bonds is 7. The second-order valence-electron chi connectivity index (χ2n) is 6.48. The lowest BCUT2D eigenvalue weighted by Gasteiger charge is -2.23. The first-order valence-corrected chi connectivity index (χ1v) is 7.78. The maximum Gasteiger partial charge on any atom is 0.220 e. The summed E-state index contributed by atoms with van der Waals surface area (Å²) < 4.78 is 0. The Morgan fingerprint density at radius 2 is 1.83 bits per heavy atom. The molecule has 6 nitrogen and oxygen atoms in total. The van der Waals surface area contributed by atoms with Gasteiger partial charge in [0.15, 0.2) is 5.78 Å². The standard InChI is InChI=1S/C18H22N4O2/c1-18(2,10-14(23)13-6-4-3-5-7-13)11-17(24)21-12-16-20-9-8-15(19)22-16/h3-9H,10-12H2,1-2H3,(H,21,24)(H2,19,20,22). The number of nitrogens with two attached hydrogens (primary N) is 1. The van der Waals surface area contributed by atoms with Crippen molar-refractivity contribution in [2.75, 3.05) is 5.73 Å². The van der Waals surface area contributed by atoms with Gasteiger partial charge in [-0.1, -0.05) is 44.2 Å². The normalized spacial score (nSPS) is 11.1. The molecular formula is C18H22N4O2. The molecule has 0 fully saturated rings. The Kier molecular flexibility index (Phi) is 5.63. The Morgan fingerprint density at radius 1 is 1.12 bits per heavy atom. The van der Waals surface area contributed by atoms with E-state index in [9.17, 15) is 9.59 Å². The van der Waals surface area contributed by atoms with Gasteiger partial charge in [-0.2, -0.15) is 0 Å². The lowest BCUT2D eigenvalue weighted by Crippen LogP contribution is -2.30. The number of Topliss-reactive ketones (excluding diaryl/α,β-unsaturated/α-hetero) is 1. The van der Waals surface area contributed by atoms with Crippen molar-refractivity contribution in [1.29, 1.82) is 0 Å². The summed E-state index contributed by atoms with van der Waals surface area (Å²) >= 11 is 0. The molecule has 0 bridgehead atoms. The van der Waals surface area contributed by atoms with Crippen molar-refractivity contribution in [3.63, 3.8) is 0 Å². The molecule has 0 saturated carbocycles. The average Bonchev–Trinajstić information content (AvgIpc) is 2.53. The van der Waals surface area contributed by atoms with Crippen LogP contribution in [-0.2, 0) is 11.3 Å². The average molecular weight is 326 g/mol. The van der Waals surface area contributed by atoms with Crippen LogP contribution in [0, 0.1) is 5.41 Å². The molecule has 6 heteroatoms. The molecule has 2 aromatic rings. The lowest BCUT2D eigenvalue weighted by molar-refractivity contribution is -0.123. The number of amides is 1. The maximum absolute atomic E-state index is 12.3. The highest BCUT2D eigenvalue weighted by Crippen LogP contribution is 2.27. The molecule has 1 aromatic carbocycles. The number of anilines is 1. The van der Waals surface area contributed by atoms with Gasteiger partial charge in [-0.15, -0.1) is 0 Å². The third-order valence-electron chi connectivity index (χ3n) is 3.54. The fourth-order valence-electron chi connectivity index (χ4n) is 2.40. The van der Waals surface area contributed by atoms with Crippen molar-refractivity contribution < 1.29 is 9.59 Å². The molecule has 0 aliphatic carbocycles. The van der Waals surface area contributed by atoms with Gasteiger partial charge in [0.1, 0.15) is 11.6 Å². The number of benzene rings is 1. The van der Waals surface area contributed by atoms with Gasteiger partial charge in [0.05, 0.1) is 6.54 Å². The van der Waals surface area contributed by atoms with E-state index in [0.717, 1.165) is 0 Å². The minimum Gasteiger partial charge on any atom is -0.384 e. The van der Waals surface area contributed by atoms with Crippen LogP contribution in [0.5, 0.6) is 0 Å². The number of hydrogen-bond acceptors (Lipinski definition) is 5. The van der Waals surface area contributed by atoms with E-state index >= 15 is 0 Å². The van der Waals surface area contributed by atoms with Crippen molar-refractivity contribution in [3.05, 3.63) is 54.0 Å². The zero-order valence-corrected chi connectivity index (χ0v) is 14.0. The molecule has 0 atom stereocenters. The first-order chi connectivity index (χ1) is 11.4. The highest BCUT2D eigenvalue weighted by molar-refractivity contribution is 5.96. The van der Waals surface area contributed by atoms with Crippen LogP contribution in [0.1, 0.15) is 42.9 Å². The Bertz CT molecular complexity index is 714. The van der Waals surface area contributed by atoms with E-state index in [1.165, 1.54) is 0 Å². The van der Waals surface area contributed by atoms with Crippen LogP contribution in [-0.4, -0.2) is 21.7 Å². The molecule has 0 radical (unpaired) electrons. The smallest absolute Gasteiger partial charge is 0.220 e. The van der Waals surface area contributed by atoms with E-state index in [4.69, 9.17) is 5.73 Å². The molecular weight excluding hydrogens is 304 g/mol. The molecule has 1 amide bonds. The van der Waals surface area contributed by atoms with Crippen LogP contribution in [0.4, 0.5) is 5.82 Å². The van der Waals surface area contributed by atoms with Crippen molar-refractivity contribution in [2.45, 2.75) is 33.2 Å². The van der Waals surface area contributed by atoms with Gasteiger partial charge in [0.2, 0.25) is 5.91 Å². The molecule has 1 heterocycles. The van der Waals surface area contributed by atoms with E-state index in [1.807, 2.05) is 32.0 Å². The van der Waals surface area contributed by atoms with E-state index < -0.39 is 5.41 Å². The fraction of sp³-hybridized carbons (Fsp3) is 0.333. The van der Waals surface area contributed by atoms with E-state index in [-0.39, 0.29) is 24.7 Å². The van der Waals surface area contributed by atoms with Gasteiger partial charge in [-0.05, 0) is 11.5 Å². The Morgan fingerprint density at radius 3 is 2.50 bits per heavy atom. The number of carbonyl (C=O) groups is 2. The fourth-order valence-corrected chi connectivity index (χ4v) is 2.40. The zero-order valence-electron chi connectivity index (χ0n) is 14.0. The van der Waals surface area contributed by atoms with Crippen molar-refractivity contribution in [1.82, 2.24) is 15.3 Å². The second kappa shape index (κ2) is 7.68. The number of nitrogen functional groups attached to an aromatic ring is 1. The Balaban J connectivity index is 1.86. The van der Waals surface area contributed by atoms with Crippen molar-refractivity contribution >= 4 is 17.5 Å². The number of carbonyl (C=O) groups excluding carboxylic acids is 2. The van der Waals surface area contributed by atoms with Crippen molar-refractivity contribution in [3.8, 4) is 0 Å². The highest BCUT2D eigenvalue weighted by Gasteiger charge is 2.25. The summed E-state index contributed by atoms with van der Waals surface area (Å²) in [5.74, 6) is 0.712. The van der Waals surface area contributed by atoms with Gasteiger partial charge < -0.3 is 11.1 Å². The maximum atomic E-state index is 12.3. The molecule has 126 valence electrons. The Hall–Kier alpha value is -2.76. The number of nitrogens with one attached hydrogen (secondary N) is 1. The molecule has 2 rings (SSSR count). The van der Waals surface area contributed by atoms with Crippen molar-refractivity contribution in [2.24, 2.45) is 5.41 Å². The van der Waals surface area contributed by atoms with Crippen LogP contribution in [0.3, 0.4) is 0 Å². The highest BCUT2D eigenvalue weighted by atomic mass is 16.1. The van der Waals surface area contributed by atoms with Gasteiger partial charge in [-0.25, -0.2) is 9.97 Å². The topological polar surface area (TPSA) is 98.0 Å². The minimum atomic E-state index is -0.437. The Labute approximate surface area is 141 Å². The van der Waals surface area contributed by atoms with Crippen LogP contribution in [0.15, 0.2) is 42.6 Å². The van der Waals surface area contributed by atoms with Crippen LogP contribution < -0.4 is 11.1 Å². The summed E-state index contributed by atoms with van der Waals surface area (Å²) in [6.45, 7) is 4.03. The molecule has 0 aliphatic heterocycles. The molecule has 0 unspecified atom stereocenters. The lowest BCUT2D eigenvalue weighted by atomic mass is 9.82.